The molecule has 1 aliphatic carbocycles. The molecule has 120 valence electrons. The fourth-order valence-corrected chi connectivity index (χ4v) is 2.81. The molecule has 0 amide bonds. The van der Waals surface area contributed by atoms with E-state index in [1.165, 1.54) is 19.3 Å². The Morgan fingerprint density at radius 2 is 1.67 bits per heavy atom. The van der Waals surface area contributed by atoms with Crippen molar-refractivity contribution < 1.29 is 29.3 Å². The molecule has 3 atom stereocenters. The molecule has 0 radical (unpaired) electrons. The van der Waals surface area contributed by atoms with Gasteiger partial charge in [-0.3, -0.25) is 4.79 Å². The Kier molecular flexibility index (Phi) is 5.71. The van der Waals surface area contributed by atoms with Gasteiger partial charge in [0.1, 0.15) is 11.6 Å². The van der Waals surface area contributed by atoms with E-state index in [1.54, 1.807) is 0 Å². The lowest BCUT2D eigenvalue weighted by Crippen LogP contribution is -2.40. The van der Waals surface area contributed by atoms with E-state index in [2.05, 4.69) is 5.32 Å². The van der Waals surface area contributed by atoms with E-state index in [4.69, 9.17) is 24.5 Å². The third-order valence-electron chi connectivity index (χ3n) is 3.59. The second kappa shape index (κ2) is 6.89. The lowest BCUT2D eigenvalue weighted by atomic mass is 9.94. The van der Waals surface area contributed by atoms with Crippen molar-refractivity contribution in [3.63, 3.8) is 0 Å². The Hall–Kier alpha value is -1.63. The zero-order chi connectivity index (χ0) is 16.2. The molecule has 2 aliphatic rings. The number of fused-ring (bicyclic) bond motifs is 1. The van der Waals surface area contributed by atoms with Gasteiger partial charge in [-0.2, -0.15) is 0 Å². The predicted molar refractivity (Wildman–Crippen MR) is 73.7 cm³/mol. The highest BCUT2D eigenvalue weighted by atomic mass is 16.6. The number of esters is 1. The van der Waals surface area contributed by atoms with E-state index in [9.17, 15) is 4.79 Å². The highest BCUT2D eigenvalue weighted by Crippen LogP contribution is 2.38. The molecule has 1 heterocycles. The fraction of sp³-hybridized carbons (Fsp3) is 0.786. The van der Waals surface area contributed by atoms with Gasteiger partial charge < -0.3 is 20.3 Å². The Morgan fingerprint density at radius 1 is 1.10 bits per heavy atom. The maximum atomic E-state index is 11.9. The monoisotopic (exact) mass is 301 g/mol. The Balaban J connectivity index is 0.000000315. The third kappa shape index (κ3) is 5.34. The summed E-state index contributed by atoms with van der Waals surface area (Å²) in [6.07, 6.45) is 3.73. The normalized spacial score (nSPS) is 27.3. The van der Waals surface area contributed by atoms with E-state index in [0.717, 1.165) is 6.54 Å². The highest BCUT2D eigenvalue weighted by molar-refractivity contribution is 6.27. The number of carbonyl (C=O) groups excluding carboxylic acids is 1. The summed E-state index contributed by atoms with van der Waals surface area (Å²) in [6, 6.07) is -0.0447. The van der Waals surface area contributed by atoms with Crippen LogP contribution in [0.3, 0.4) is 0 Å². The number of carboxylic acid groups (broad SMARTS) is 2. The van der Waals surface area contributed by atoms with Gasteiger partial charge in [-0.05, 0) is 52.0 Å². The van der Waals surface area contributed by atoms with Crippen molar-refractivity contribution in [2.24, 2.45) is 11.8 Å². The van der Waals surface area contributed by atoms with Crippen LogP contribution in [0.4, 0.5) is 0 Å². The minimum absolute atomic E-state index is 0.0447. The number of hydrogen-bond donors (Lipinski definition) is 3. The maximum absolute atomic E-state index is 11.9. The van der Waals surface area contributed by atoms with Crippen molar-refractivity contribution in [2.75, 3.05) is 6.54 Å². The highest BCUT2D eigenvalue weighted by Gasteiger charge is 2.43. The number of aliphatic carboxylic acids is 2. The summed E-state index contributed by atoms with van der Waals surface area (Å²) in [7, 11) is 0. The number of hydrogen-bond acceptors (Lipinski definition) is 5. The average molecular weight is 301 g/mol. The lowest BCUT2D eigenvalue weighted by Gasteiger charge is -2.24. The number of ether oxygens (including phenoxy) is 1. The zero-order valence-corrected chi connectivity index (χ0v) is 12.6. The van der Waals surface area contributed by atoms with Crippen LogP contribution in [0.1, 0.15) is 40.0 Å². The van der Waals surface area contributed by atoms with Crippen LogP contribution in [0.25, 0.3) is 0 Å². The summed E-state index contributed by atoms with van der Waals surface area (Å²) in [4.78, 5) is 30.1. The van der Waals surface area contributed by atoms with E-state index in [-0.39, 0.29) is 17.6 Å². The molecule has 1 saturated carbocycles. The first-order chi connectivity index (χ1) is 9.61. The van der Waals surface area contributed by atoms with Gasteiger partial charge in [-0.25, -0.2) is 9.59 Å². The van der Waals surface area contributed by atoms with Crippen LogP contribution in [0, 0.1) is 11.8 Å². The van der Waals surface area contributed by atoms with E-state index >= 15 is 0 Å². The SMILES string of the molecule is CC(C)(C)OC(=O)[C@@H]1NC[C@H]2CCC[C@H]21.O=C(O)C(=O)O. The van der Waals surface area contributed by atoms with Gasteiger partial charge >= 0.3 is 17.9 Å². The fourth-order valence-electron chi connectivity index (χ4n) is 2.81. The van der Waals surface area contributed by atoms with Gasteiger partial charge in [0.25, 0.3) is 0 Å². The first-order valence-corrected chi connectivity index (χ1v) is 7.04. The van der Waals surface area contributed by atoms with Crippen molar-refractivity contribution in [1.29, 1.82) is 0 Å². The minimum Gasteiger partial charge on any atom is -0.473 e. The number of carboxylic acids is 2. The molecular weight excluding hydrogens is 278 g/mol. The molecule has 0 spiro atoms. The Labute approximate surface area is 123 Å². The van der Waals surface area contributed by atoms with Gasteiger partial charge in [0.05, 0.1) is 0 Å². The lowest BCUT2D eigenvalue weighted by molar-refractivity contribution is -0.159. The van der Waals surface area contributed by atoms with Crippen molar-refractivity contribution in [2.45, 2.75) is 51.7 Å². The van der Waals surface area contributed by atoms with Gasteiger partial charge in [0.15, 0.2) is 0 Å². The summed E-state index contributed by atoms with van der Waals surface area (Å²) in [6.45, 7) is 6.76. The maximum Gasteiger partial charge on any atom is 0.414 e. The van der Waals surface area contributed by atoms with Crippen molar-refractivity contribution in [3.05, 3.63) is 0 Å². The number of carbonyl (C=O) groups is 3. The van der Waals surface area contributed by atoms with E-state index < -0.39 is 11.9 Å². The topological polar surface area (TPSA) is 113 Å². The zero-order valence-electron chi connectivity index (χ0n) is 12.6. The molecule has 2 rings (SSSR count). The van der Waals surface area contributed by atoms with Crippen molar-refractivity contribution in [3.8, 4) is 0 Å². The summed E-state index contributed by atoms with van der Waals surface area (Å²) < 4.78 is 5.43. The smallest absolute Gasteiger partial charge is 0.414 e. The standard InChI is InChI=1S/C12H21NO2.C2H2O4/c1-12(2,3)15-11(14)10-9-6-4-5-8(9)7-13-10;3-1(4)2(5)6/h8-10,13H,4-7H2,1-3H3;(H,3,4)(H,5,6)/t8-,9-,10-;/m1./s1. The molecule has 0 aromatic carbocycles. The summed E-state index contributed by atoms with van der Waals surface area (Å²) >= 11 is 0. The van der Waals surface area contributed by atoms with E-state index in [1.807, 2.05) is 20.8 Å². The van der Waals surface area contributed by atoms with Crippen LogP contribution in [-0.2, 0) is 19.1 Å². The Morgan fingerprint density at radius 3 is 2.14 bits per heavy atom. The second-order valence-corrected chi connectivity index (χ2v) is 6.38. The van der Waals surface area contributed by atoms with E-state index in [0.29, 0.717) is 11.8 Å². The first-order valence-electron chi connectivity index (χ1n) is 7.04. The van der Waals surface area contributed by atoms with Crippen LogP contribution >= 0.6 is 0 Å². The number of nitrogens with one attached hydrogen (secondary N) is 1. The molecule has 0 unspecified atom stereocenters. The van der Waals surface area contributed by atoms with Crippen LogP contribution in [0.5, 0.6) is 0 Å². The quantitative estimate of drug-likeness (QED) is 0.486. The van der Waals surface area contributed by atoms with Crippen LogP contribution < -0.4 is 5.32 Å². The molecule has 1 saturated heterocycles. The molecular formula is C14H23NO6. The molecule has 0 aromatic rings. The Bertz CT molecular complexity index is 402. The van der Waals surface area contributed by atoms with Crippen LogP contribution in [0.2, 0.25) is 0 Å². The summed E-state index contributed by atoms with van der Waals surface area (Å²) in [5, 5.41) is 18.1. The molecule has 3 N–H and O–H groups in total. The number of rotatable bonds is 1. The van der Waals surface area contributed by atoms with Gasteiger partial charge in [-0.15, -0.1) is 0 Å². The molecule has 1 aliphatic heterocycles. The van der Waals surface area contributed by atoms with Crippen LogP contribution in [-0.4, -0.2) is 46.3 Å². The molecule has 0 aromatic heterocycles. The minimum atomic E-state index is -1.82. The first kappa shape index (κ1) is 17.4. The molecule has 7 nitrogen and oxygen atoms in total. The predicted octanol–water partition coefficient (Wildman–Crippen LogP) is 0.872. The van der Waals surface area contributed by atoms with Crippen molar-refractivity contribution >= 4 is 17.9 Å². The van der Waals surface area contributed by atoms with Gasteiger partial charge in [0.2, 0.25) is 0 Å². The molecule has 7 heteroatoms. The molecule has 21 heavy (non-hydrogen) atoms. The van der Waals surface area contributed by atoms with Gasteiger partial charge in [0, 0.05) is 0 Å². The summed E-state index contributed by atoms with van der Waals surface area (Å²) in [5.74, 6) is -2.47. The third-order valence-corrected chi connectivity index (χ3v) is 3.59. The molecule has 2 fully saturated rings. The van der Waals surface area contributed by atoms with Gasteiger partial charge in [-0.1, -0.05) is 6.42 Å². The second-order valence-electron chi connectivity index (χ2n) is 6.38. The van der Waals surface area contributed by atoms with Crippen molar-refractivity contribution in [1.82, 2.24) is 5.32 Å². The average Bonchev–Trinajstić information content (AvgIpc) is 2.87. The summed E-state index contributed by atoms with van der Waals surface area (Å²) in [5.41, 5.74) is -0.366. The van der Waals surface area contributed by atoms with Crippen LogP contribution in [0.15, 0.2) is 0 Å². The largest absolute Gasteiger partial charge is 0.473 e. The molecule has 0 bridgehead atoms.